The summed E-state index contributed by atoms with van der Waals surface area (Å²) >= 11 is 6.07. The number of nitrogen functional groups attached to an aromatic ring is 1. The molecule has 0 fully saturated rings. The molecule has 0 saturated heterocycles. The average Bonchev–Trinajstić information content (AvgIpc) is 2.87. The zero-order valence-corrected chi connectivity index (χ0v) is 21.5. The summed E-state index contributed by atoms with van der Waals surface area (Å²) in [6, 6.07) is 6.74. The molecule has 12 heteroatoms. The van der Waals surface area contributed by atoms with E-state index >= 15 is 0 Å². The van der Waals surface area contributed by atoms with Crippen LogP contribution in [0.1, 0.15) is 37.0 Å². The first-order chi connectivity index (χ1) is 18.1. The number of benzene rings is 1. The van der Waals surface area contributed by atoms with Crippen molar-refractivity contribution in [3.63, 3.8) is 0 Å². The molecule has 0 aliphatic heterocycles. The van der Waals surface area contributed by atoms with Gasteiger partial charge in [-0.1, -0.05) is 17.7 Å². The number of hydrogen-bond acceptors (Lipinski definition) is 7. The Bertz CT molecular complexity index is 1560. The summed E-state index contributed by atoms with van der Waals surface area (Å²) in [5.74, 6) is 4.44. The number of allylic oxidation sites excluding steroid dienone is 4. The molecule has 1 aliphatic carbocycles. The number of aromatic nitrogens is 3. The van der Waals surface area contributed by atoms with E-state index < -0.39 is 22.8 Å². The number of nitrogens with one attached hydrogen (secondary N) is 2. The molecule has 4 rings (SSSR count). The van der Waals surface area contributed by atoms with Gasteiger partial charge in [0, 0.05) is 34.6 Å². The van der Waals surface area contributed by atoms with E-state index in [1.807, 2.05) is 6.08 Å². The number of ether oxygens (including phenoxy) is 1. The van der Waals surface area contributed by atoms with Crippen molar-refractivity contribution in [3.05, 3.63) is 97.6 Å². The summed E-state index contributed by atoms with van der Waals surface area (Å²) in [5.41, 5.74) is 0.0425. The molecule has 38 heavy (non-hydrogen) atoms. The molecule has 1 aliphatic rings. The molecule has 0 spiro atoms. The quantitative estimate of drug-likeness (QED) is 0.369. The number of nitrogens with zero attached hydrogens (tertiary/aromatic N) is 3. The first-order valence-electron chi connectivity index (χ1n) is 11.8. The standard InChI is InChI=1S/C26H26ClFN6O4/c1-15(2)38-22-8-7-19(12-20(22)28)31-26-30-13-21(32-24(36)17-9-10-34(29)23(35)11-17)25(37)33(26)14-16-3-5-18(27)6-4-16/h3,5,7-13,15H,4,6,14,29H2,1-2H3,(H,30,31)(H,32,36). The van der Waals surface area contributed by atoms with Crippen LogP contribution in [0.4, 0.5) is 21.7 Å². The minimum absolute atomic E-state index is 0.0267. The molecular weight excluding hydrogens is 515 g/mol. The van der Waals surface area contributed by atoms with Crippen molar-refractivity contribution in [2.75, 3.05) is 16.5 Å². The number of nitrogens with two attached hydrogens (primary N) is 1. The van der Waals surface area contributed by atoms with E-state index in [9.17, 15) is 18.8 Å². The lowest BCUT2D eigenvalue weighted by Gasteiger charge is -2.18. The van der Waals surface area contributed by atoms with Gasteiger partial charge in [0.05, 0.1) is 18.8 Å². The largest absolute Gasteiger partial charge is 0.488 e. The first kappa shape index (κ1) is 26.7. The second-order valence-corrected chi connectivity index (χ2v) is 9.36. The zero-order chi connectivity index (χ0) is 27.4. The van der Waals surface area contributed by atoms with Crippen LogP contribution in [0.15, 0.2) is 75.1 Å². The fourth-order valence-electron chi connectivity index (χ4n) is 3.70. The molecular formula is C26H26ClFN6O4. The van der Waals surface area contributed by atoms with Crippen molar-refractivity contribution >= 4 is 34.8 Å². The van der Waals surface area contributed by atoms with E-state index in [4.69, 9.17) is 22.2 Å². The SMILES string of the molecule is CC(C)Oc1ccc(Nc2ncc(NC(=O)c3ccn(N)c(=O)c3)c(=O)n2CC2=CC=C(Cl)CC2)cc1F. The van der Waals surface area contributed by atoms with Gasteiger partial charge in [-0.3, -0.25) is 19.0 Å². The Morgan fingerprint density at radius 2 is 2.00 bits per heavy atom. The van der Waals surface area contributed by atoms with Crippen LogP contribution in [0.25, 0.3) is 0 Å². The van der Waals surface area contributed by atoms with Crippen molar-refractivity contribution in [3.8, 4) is 5.75 Å². The van der Waals surface area contributed by atoms with Crippen LogP contribution in [-0.4, -0.2) is 26.2 Å². The van der Waals surface area contributed by atoms with Gasteiger partial charge in [0.25, 0.3) is 17.0 Å². The fourth-order valence-corrected chi connectivity index (χ4v) is 3.85. The molecule has 10 nitrogen and oxygen atoms in total. The van der Waals surface area contributed by atoms with E-state index in [2.05, 4.69) is 15.6 Å². The Kier molecular flexibility index (Phi) is 7.96. The highest BCUT2D eigenvalue weighted by Gasteiger charge is 2.17. The number of carbonyl (C=O) groups is 1. The molecule has 2 heterocycles. The molecule has 0 atom stereocenters. The summed E-state index contributed by atoms with van der Waals surface area (Å²) in [4.78, 5) is 42.3. The van der Waals surface area contributed by atoms with Crippen LogP contribution in [0.2, 0.25) is 0 Å². The number of pyridine rings is 1. The third-order valence-electron chi connectivity index (χ3n) is 5.60. The molecule has 0 unspecified atom stereocenters. The molecule has 4 N–H and O–H groups in total. The van der Waals surface area contributed by atoms with Crippen molar-refractivity contribution in [1.82, 2.24) is 14.2 Å². The van der Waals surface area contributed by atoms with Crippen molar-refractivity contribution in [2.45, 2.75) is 39.3 Å². The molecule has 1 aromatic carbocycles. The normalized spacial score (nSPS) is 13.1. The van der Waals surface area contributed by atoms with Gasteiger partial charge in [0.2, 0.25) is 5.95 Å². The Morgan fingerprint density at radius 1 is 1.21 bits per heavy atom. The molecule has 1 amide bonds. The predicted molar refractivity (Wildman–Crippen MR) is 144 cm³/mol. The lowest BCUT2D eigenvalue weighted by atomic mass is 10.1. The number of amides is 1. The maximum absolute atomic E-state index is 14.6. The maximum atomic E-state index is 14.6. The van der Waals surface area contributed by atoms with Gasteiger partial charge >= 0.3 is 0 Å². The summed E-state index contributed by atoms with van der Waals surface area (Å²) in [6.07, 6.45) is 7.09. The molecule has 2 aromatic heterocycles. The Hall–Kier alpha value is -4.38. The van der Waals surface area contributed by atoms with Crippen LogP contribution in [0.5, 0.6) is 5.75 Å². The number of carbonyl (C=O) groups excluding carboxylic acids is 1. The second-order valence-electron chi connectivity index (χ2n) is 8.88. The zero-order valence-electron chi connectivity index (χ0n) is 20.7. The van der Waals surface area contributed by atoms with Gasteiger partial charge in [0.1, 0.15) is 5.69 Å². The lowest BCUT2D eigenvalue weighted by molar-refractivity contribution is 0.102. The highest BCUT2D eigenvalue weighted by Crippen LogP contribution is 2.26. The van der Waals surface area contributed by atoms with Crippen LogP contribution in [0.3, 0.4) is 0 Å². The highest BCUT2D eigenvalue weighted by atomic mass is 35.5. The molecule has 0 radical (unpaired) electrons. The average molecular weight is 541 g/mol. The topological polar surface area (TPSA) is 133 Å². The number of rotatable bonds is 8. The Balaban J connectivity index is 1.67. The summed E-state index contributed by atoms with van der Waals surface area (Å²) in [6.45, 7) is 3.74. The van der Waals surface area contributed by atoms with Crippen LogP contribution < -0.4 is 32.3 Å². The van der Waals surface area contributed by atoms with E-state index in [-0.39, 0.29) is 35.6 Å². The van der Waals surface area contributed by atoms with Gasteiger partial charge in [0.15, 0.2) is 11.6 Å². The van der Waals surface area contributed by atoms with Crippen LogP contribution in [0, 0.1) is 5.82 Å². The molecule has 198 valence electrons. The highest BCUT2D eigenvalue weighted by molar-refractivity contribution is 6.29. The monoisotopic (exact) mass is 540 g/mol. The van der Waals surface area contributed by atoms with E-state index in [1.54, 1.807) is 26.0 Å². The van der Waals surface area contributed by atoms with Gasteiger partial charge in [-0.15, -0.1) is 0 Å². The molecule has 3 aromatic rings. The van der Waals surface area contributed by atoms with Crippen molar-refractivity contribution in [2.24, 2.45) is 0 Å². The van der Waals surface area contributed by atoms with Gasteiger partial charge < -0.3 is 21.2 Å². The van der Waals surface area contributed by atoms with Crippen molar-refractivity contribution < 1.29 is 13.9 Å². The number of hydrogen-bond donors (Lipinski definition) is 3. The molecule has 0 bridgehead atoms. The first-order valence-corrected chi connectivity index (χ1v) is 12.1. The number of anilines is 3. The van der Waals surface area contributed by atoms with Crippen LogP contribution in [-0.2, 0) is 6.54 Å². The van der Waals surface area contributed by atoms with E-state index in [0.29, 0.717) is 23.6 Å². The third-order valence-corrected chi connectivity index (χ3v) is 5.92. The lowest BCUT2D eigenvalue weighted by Crippen LogP contribution is -2.30. The summed E-state index contributed by atoms with van der Waals surface area (Å²) in [7, 11) is 0. The Labute approximate surface area is 222 Å². The third kappa shape index (κ3) is 6.30. The molecule has 0 saturated carbocycles. The maximum Gasteiger partial charge on any atom is 0.279 e. The fraction of sp³-hybridized carbons (Fsp3) is 0.231. The minimum Gasteiger partial charge on any atom is -0.488 e. The Morgan fingerprint density at radius 3 is 2.66 bits per heavy atom. The summed E-state index contributed by atoms with van der Waals surface area (Å²) < 4.78 is 22.2. The second kappa shape index (κ2) is 11.3. The van der Waals surface area contributed by atoms with Gasteiger partial charge in [-0.05, 0) is 56.5 Å². The predicted octanol–water partition coefficient (Wildman–Crippen LogP) is 3.88. The smallest absolute Gasteiger partial charge is 0.279 e. The van der Waals surface area contributed by atoms with Crippen molar-refractivity contribution in [1.29, 1.82) is 0 Å². The van der Waals surface area contributed by atoms with Gasteiger partial charge in [-0.25, -0.2) is 14.1 Å². The summed E-state index contributed by atoms with van der Waals surface area (Å²) in [5, 5.41) is 6.18. The minimum atomic E-state index is -0.678. The van der Waals surface area contributed by atoms with E-state index in [1.165, 1.54) is 35.2 Å². The number of halogens is 2. The van der Waals surface area contributed by atoms with Crippen LogP contribution >= 0.6 is 11.6 Å². The van der Waals surface area contributed by atoms with Gasteiger partial charge in [-0.2, -0.15) is 0 Å². The van der Waals surface area contributed by atoms with E-state index in [0.717, 1.165) is 16.3 Å².